The van der Waals surface area contributed by atoms with Crippen LogP contribution >= 0.6 is 0 Å². The highest BCUT2D eigenvalue weighted by Crippen LogP contribution is 2.20. The molecular weight excluding hydrogens is 249 g/mol. The van der Waals surface area contributed by atoms with E-state index in [4.69, 9.17) is 0 Å². The van der Waals surface area contributed by atoms with E-state index in [0.717, 1.165) is 6.20 Å². The summed E-state index contributed by atoms with van der Waals surface area (Å²) in [7, 11) is 0. The monoisotopic (exact) mass is 263 g/mol. The quantitative estimate of drug-likeness (QED) is 0.919. The second-order valence-electron chi connectivity index (χ2n) is 4.67. The van der Waals surface area contributed by atoms with Gasteiger partial charge >= 0.3 is 5.97 Å². The molecule has 0 atom stereocenters. The molecule has 5 nitrogen and oxygen atoms in total. The normalized spacial score (nSPS) is 10.9. The molecule has 0 amide bonds. The molecule has 0 aliphatic carbocycles. The van der Waals surface area contributed by atoms with Crippen LogP contribution in [0.3, 0.4) is 0 Å². The fraction of sp³-hybridized carbons (Fsp3) is 0.308. The zero-order valence-electron chi connectivity index (χ0n) is 10.7. The number of carboxylic acids is 1. The molecule has 0 unspecified atom stereocenters. The Hall–Kier alpha value is -2.24. The van der Waals surface area contributed by atoms with Gasteiger partial charge in [0.05, 0.1) is 11.9 Å². The second-order valence-corrected chi connectivity index (χ2v) is 4.67. The SMILES string of the molecule is CC(C)Cn1cc(C(=O)O)c(-c2ccc(F)cn2)n1. The molecule has 0 aliphatic rings. The zero-order valence-corrected chi connectivity index (χ0v) is 10.7. The molecule has 0 radical (unpaired) electrons. The molecule has 0 saturated heterocycles. The second kappa shape index (κ2) is 5.17. The first-order valence-electron chi connectivity index (χ1n) is 5.90. The highest BCUT2D eigenvalue weighted by molar-refractivity contribution is 5.94. The topological polar surface area (TPSA) is 68.0 Å². The Morgan fingerprint density at radius 1 is 1.47 bits per heavy atom. The van der Waals surface area contributed by atoms with Crippen molar-refractivity contribution < 1.29 is 14.3 Å². The molecule has 0 saturated carbocycles. The zero-order chi connectivity index (χ0) is 14.0. The summed E-state index contributed by atoms with van der Waals surface area (Å²) >= 11 is 0. The number of carboxylic acid groups (broad SMARTS) is 1. The van der Waals surface area contributed by atoms with Crippen molar-refractivity contribution in [3.8, 4) is 11.4 Å². The van der Waals surface area contributed by atoms with E-state index in [2.05, 4.69) is 10.1 Å². The first kappa shape index (κ1) is 13.2. The minimum atomic E-state index is -1.07. The molecule has 2 rings (SSSR count). The van der Waals surface area contributed by atoms with Gasteiger partial charge in [-0.2, -0.15) is 5.10 Å². The molecule has 0 aromatic carbocycles. The van der Waals surface area contributed by atoms with Crippen LogP contribution in [0.4, 0.5) is 4.39 Å². The first-order chi connectivity index (χ1) is 8.97. The number of halogens is 1. The van der Waals surface area contributed by atoms with E-state index >= 15 is 0 Å². The van der Waals surface area contributed by atoms with Crippen LogP contribution in [0.25, 0.3) is 11.4 Å². The Balaban J connectivity index is 2.45. The maximum atomic E-state index is 12.8. The van der Waals surface area contributed by atoms with Gasteiger partial charge in [-0.1, -0.05) is 13.8 Å². The van der Waals surface area contributed by atoms with Crippen LogP contribution in [0.15, 0.2) is 24.5 Å². The number of rotatable bonds is 4. The lowest BCUT2D eigenvalue weighted by Gasteiger charge is -2.03. The van der Waals surface area contributed by atoms with Crippen LogP contribution in [0.2, 0.25) is 0 Å². The lowest BCUT2D eigenvalue weighted by molar-refractivity contribution is 0.0697. The van der Waals surface area contributed by atoms with Crippen LogP contribution < -0.4 is 0 Å². The highest BCUT2D eigenvalue weighted by Gasteiger charge is 2.18. The van der Waals surface area contributed by atoms with Crippen LogP contribution in [-0.2, 0) is 6.54 Å². The van der Waals surface area contributed by atoms with E-state index in [0.29, 0.717) is 18.2 Å². The van der Waals surface area contributed by atoms with Crippen LogP contribution in [0, 0.1) is 11.7 Å². The Morgan fingerprint density at radius 2 is 2.21 bits per heavy atom. The molecule has 2 aromatic rings. The molecule has 0 fully saturated rings. The van der Waals surface area contributed by atoms with Gasteiger partial charge in [0.25, 0.3) is 0 Å². The molecule has 100 valence electrons. The van der Waals surface area contributed by atoms with Crippen molar-refractivity contribution in [3.63, 3.8) is 0 Å². The van der Waals surface area contributed by atoms with E-state index in [-0.39, 0.29) is 11.3 Å². The molecule has 6 heteroatoms. The largest absolute Gasteiger partial charge is 0.478 e. The van der Waals surface area contributed by atoms with Crippen molar-refractivity contribution in [1.82, 2.24) is 14.8 Å². The Labute approximate surface area is 109 Å². The third-order valence-electron chi connectivity index (χ3n) is 2.51. The summed E-state index contributed by atoms with van der Waals surface area (Å²) in [4.78, 5) is 15.1. The minimum absolute atomic E-state index is 0.0692. The van der Waals surface area contributed by atoms with Gasteiger partial charge < -0.3 is 5.11 Å². The summed E-state index contributed by atoms with van der Waals surface area (Å²) in [6.45, 7) is 4.64. The van der Waals surface area contributed by atoms with Gasteiger partial charge in [-0.05, 0) is 18.1 Å². The maximum Gasteiger partial charge on any atom is 0.339 e. The molecular formula is C13H14FN3O2. The number of carbonyl (C=O) groups is 1. The van der Waals surface area contributed by atoms with Gasteiger partial charge in [0, 0.05) is 12.7 Å². The lowest BCUT2D eigenvalue weighted by Crippen LogP contribution is -2.04. The average Bonchev–Trinajstić information content (AvgIpc) is 2.73. The summed E-state index contributed by atoms with van der Waals surface area (Å²) in [5.41, 5.74) is 0.675. The van der Waals surface area contributed by atoms with E-state index < -0.39 is 11.8 Å². The Bertz CT molecular complexity index is 590. The van der Waals surface area contributed by atoms with E-state index in [9.17, 15) is 14.3 Å². The number of aromatic carboxylic acids is 1. The predicted molar refractivity (Wildman–Crippen MR) is 67.2 cm³/mol. The summed E-state index contributed by atoms with van der Waals surface area (Å²) in [5.74, 6) is -1.20. The number of hydrogen-bond donors (Lipinski definition) is 1. The number of aromatic nitrogens is 3. The average molecular weight is 263 g/mol. The number of hydrogen-bond acceptors (Lipinski definition) is 3. The lowest BCUT2D eigenvalue weighted by atomic mass is 10.2. The third kappa shape index (κ3) is 2.96. The molecule has 19 heavy (non-hydrogen) atoms. The molecule has 0 bridgehead atoms. The van der Waals surface area contributed by atoms with Crippen LogP contribution in [0.1, 0.15) is 24.2 Å². The van der Waals surface area contributed by atoms with Crippen molar-refractivity contribution in [2.75, 3.05) is 0 Å². The van der Waals surface area contributed by atoms with Gasteiger partial charge in [0.1, 0.15) is 17.1 Å². The molecule has 1 N–H and O–H groups in total. The summed E-state index contributed by atoms with van der Waals surface area (Å²) in [6.07, 6.45) is 2.52. The van der Waals surface area contributed by atoms with Crippen molar-refractivity contribution in [2.24, 2.45) is 5.92 Å². The van der Waals surface area contributed by atoms with Gasteiger partial charge in [0.2, 0.25) is 0 Å². The first-order valence-corrected chi connectivity index (χ1v) is 5.90. The van der Waals surface area contributed by atoms with Crippen LogP contribution in [-0.4, -0.2) is 25.8 Å². The highest BCUT2D eigenvalue weighted by atomic mass is 19.1. The molecule has 0 spiro atoms. The fourth-order valence-corrected chi connectivity index (χ4v) is 1.75. The third-order valence-corrected chi connectivity index (χ3v) is 2.51. The Kier molecular flexibility index (Phi) is 3.59. The standard InChI is InChI=1S/C13H14FN3O2/c1-8(2)6-17-7-10(13(18)19)12(16-17)11-4-3-9(14)5-15-11/h3-5,7-8H,6H2,1-2H3,(H,18,19). The van der Waals surface area contributed by atoms with Gasteiger partial charge in [-0.25, -0.2) is 9.18 Å². The van der Waals surface area contributed by atoms with Crippen molar-refractivity contribution in [1.29, 1.82) is 0 Å². The van der Waals surface area contributed by atoms with Gasteiger partial charge in [-0.15, -0.1) is 0 Å². The fourth-order valence-electron chi connectivity index (χ4n) is 1.75. The van der Waals surface area contributed by atoms with Crippen LogP contribution in [0.5, 0.6) is 0 Å². The van der Waals surface area contributed by atoms with E-state index in [1.807, 2.05) is 13.8 Å². The van der Waals surface area contributed by atoms with Crippen molar-refractivity contribution in [3.05, 3.63) is 35.9 Å². The van der Waals surface area contributed by atoms with Gasteiger partial charge in [0.15, 0.2) is 0 Å². The van der Waals surface area contributed by atoms with E-state index in [1.165, 1.54) is 18.3 Å². The summed E-state index contributed by atoms with van der Waals surface area (Å²) in [6, 6.07) is 2.65. The molecule has 0 aliphatic heterocycles. The van der Waals surface area contributed by atoms with Gasteiger partial charge in [-0.3, -0.25) is 9.67 Å². The number of pyridine rings is 1. The smallest absolute Gasteiger partial charge is 0.339 e. The minimum Gasteiger partial charge on any atom is -0.478 e. The maximum absolute atomic E-state index is 12.8. The van der Waals surface area contributed by atoms with Crippen molar-refractivity contribution >= 4 is 5.97 Å². The number of nitrogens with zero attached hydrogens (tertiary/aromatic N) is 3. The molecule has 2 heterocycles. The summed E-state index contributed by atoms with van der Waals surface area (Å²) < 4.78 is 14.4. The Morgan fingerprint density at radius 3 is 2.74 bits per heavy atom. The predicted octanol–water partition coefficient (Wildman–Crippen LogP) is 2.44. The van der Waals surface area contributed by atoms with Crippen molar-refractivity contribution in [2.45, 2.75) is 20.4 Å². The molecule has 2 aromatic heterocycles. The van der Waals surface area contributed by atoms with E-state index in [1.54, 1.807) is 4.68 Å². The summed E-state index contributed by atoms with van der Waals surface area (Å²) in [5, 5.41) is 13.4.